The van der Waals surface area contributed by atoms with Crippen LogP contribution in [0.2, 0.25) is 10.0 Å². The van der Waals surface area contributed by atoms with Crippen LogP contribution >= 0.6 is 23.2 Å². The molecule has 3 aromatic rings. The molecule has 7 heteroatoms. The molecule has 1 unspecified atom stereocenters. The highest BCUT2D eigenvalue weighted by Gasteiger charge is 2.41. The largest absolute Gasteiger partial charge is 0.444 e. The van der Waals surface area contributed by atoms with Crippen LogP contribution in [0.25, 0.3) is 16.9 Å². The maximum atomic E-state index is 12.5. The van der Waals surface area contributed by atoms with E-state index in [4.69, 9.17) is 32.9 Å². The average Bonchev–Trinajstić information content (AvgIpc) is 3.15. The van der Waals surface area contributed by atoms with Gasteiger partial charge < -0.3 is 14.5 Å². The Morgan fingerprint density at radius 3 is 2.51 bits per heavy atom. The van der Waals surface area contributed by atoms with Gasteiger partial charge in [0.25, 0.3) is 0 Å². The Morgan fingerprint density at radius 2 is 1.91 bits per heavy atom. The third kappa shape index (κ3) is 4.72. The van der Waals surface area contributed by atoms with Crippen molar-refractivity contribution in [2.24, 2.45) is 0 Å². The third-order valence-electron chi connectivity index (χ3n) is 6.67. The minimum Gasteiger partial charge on any atom is -0.444 e. The van der Waals surface area contributed by atoms with Crippen LogP contribution in [0.4, 0.5) is 4.79 Å². The molecule has 5 rings (SSSR count). The van der Waals surface area contributed by atoms with E-state index in [0.29, 0.717) is 15.7 Å². The van der Waals surface area contributed by atoms with Crippen LogP contribution in [0, 0.1) is 0 Å². The second-order valence-electron chi connectivity index (χ2n) is 10.3. The quantitative estimate of drug-likeness (QED) is 0.390. The fraction of sp³-hybridized carbons (Fsp3) is 0.357. The second kappa shape index (κ2) is 9.03. The molecule has 0 radical (unpaired) electrons. The first-order valence-corrected chi connectivity index (χ1v) is 12.7. The summed E-state index contributed by atoms with van der Waals surface area (Å²) in [6, 6.07) is 10.1. The summed E-state index contributed by atoms with van der Waals surface area (Å²) in [4.78, 5) is 17.5. The maximum Gasteiger partial charge on any atom is 0.408 e. The van der Waals surface area contributed by atoms with E-state index in [1.807, 2.05) is 31.4 Å². The van der Waals surface area contributed by atoms with Crippen LogP contribution in [-0.2, 0) is 10.3 Å². The van der Waals surface area contributed by atoms with Gasteiger partial charge in [-0.2, -0.15) is 0 Å². The number of halogens is 2. The minimum absolute atomic E-state index is 0.158. The number of nitrogens with zero attached hydrogens (tertiary/aromatic N) is 2. The average molecular weight is 510 g/mol. The molecule has 0 bridgehead atoms. The molecule has 1 saturated carbocycles. The van der Waals surface area contributed by atoms with Crippen molar-refractivity contribution in [1.29, 1.82) is 0 Å². The number of amides is 1. The number of nitrogens with one attached hydrogen (secondary N) is 1. The zero-order valence-electron chi connectivity index (χ0n) is 20.1. The van der Waals surface area contributed by atoms with Crippen molar-refractivity contribution < 1.29 is 9.53 Å². The minimum atomic E-state index is -0.536. The zero-order chi connectivity index (χ0) is 24.8. The Morgan fingerprint density at radius 1 is 1.17 bits per heavy atom. The lowest BCUT2D eigenvalue weighted by atomic mass is 9.71. The van der Waals surface area contributed by atoms with Gasteiger partial charge in [0.2, 0.25) is 0 Å². The summed E-state index contributed by atoms with van der Waals surface area (Å²) < 4.78 is 7.54. The molecule has 0 saturated heterocycles. The second-order valence-corrected chi connectivity index (χ2v) is 11.2. The number of carbonyl (C=O) groups excluding carboxylic acids is 1. The highest BCUT2D eigenvalue weighted by molar-refractivity contribution is 6.36. The van der Waals surface area contributed by atoms with Crippen LogP contribution in [0.15, 0.2) is 60.8 Å². The normalized spacial score (nSPS) is 18.9. The standard InChI is InChI=1S/C28H29Cl2N3O2/c1-27(2,3)35-26(34)32-28(14-7-15-28)20-12-10-18(11-13-20)23-24(19-8-5-4-6-9-19)33-17-21(29)16-22(30)25(33)31-23/h4-6,8,10-13,16-17,19H,7,9,14-15H2,1-3H3,(H,32,34). The summed E-state index contributed by atoms with van der Waals surface area (Å²) in [6.45, 7) is 5.62. The van der Waals surface area contributed by atoms with E-state index in [2.05, 4.69) is 53.9 Å². The van der Waals surface area contributed by atoms with Crippen molar-refractivity contribution in [2.45, 2.75) is 63.5 Å². The molecule has 0 spiro atoms. The highest BCUT2D eigenvalue weighted by atomic mass is 35.5. The number of imidazole rings is 1. The molecule has 5 nitrogen and oxygen atoms in total. The molecule has 182 valence electrons. The van der Waals surface area contributed by atoms with Crippen molar-refractivity contribution in [3.63, 3.8) is 0 Å². The Labute approximate surface area is 215 Å². The van der Waals surface area contributed by atoms with E-state index < -0.39 is 11.1 Å². The van der Waals surface area contributed by atoms with E-state index in [1.165, 1.54) is 0 Å². The monoisotopic (exact) mass is 509 g/mol. The number of rotatable bonds is 4. The van der Waals surface area contributed by atoms with Crippen LogP contribution in [0.1, 0.15) is 63.6 Å². The Bertz CT molecular complexity index is 1330. The first kappa shape index (κ1) is 24.0. The first-order valence-electron chi connectivity index (χ1n) is 12.0. The first-order chi connectivity index (χ1) is 16.7. The number of hydrogen-bond donors (Lipinski definition) is 1. The number of alkyl carbamates (subject to hydrolysis) is 1. The summed E-state index contributed by atoms with van der Waals surface area (Å²) in [6.07, 6.45) is 13.7. The molecule has 2 aliphatic rings. The van der Waals surface area contributed by atoms with Gasteiger partial charge in [0.05, 0.1) is 27.0 Å². The Hall–Kier alpha value is -2.76. The number of aromatic nitrogens is 2. The van der Waals surface area contributed by atoms with E-state index in [-0.39, 0.29) is 12.0 Å². The number of ether oxygens (including phenoxy) is 1. The molecular formula is C28H29Cl2N3O2. The summed E-state index contributed by atoms with van der Waals surface area (Å²) in [5.41, 5.74) is 3.77. The highest BCUT2D eigenvalue weighted by Crippen LogP contribution is 2.43. The lowest BCUT2D eigenvalue weighted by Gasteiger charge is -2.43. The smallest absolute Gasteiger partial charge is 0.408 e. The van der Waals surface area contributed by atoms with E-state index >= 15 is 0 Å². The van der Waals surface area contributed by atoms with Gasteiger partial charge in [-0.25, -0.2) is 9.78 Å². The SMILES string of the molecule is CC(C)(C)OC(=O)NC1(c2ccc(-c3nc4c(Cl)cc(Cl)cn4c3C3C=CC=CC3)cc2)CCC1. The predicted molar refractivity (Wildman–Crippen MR) is 141 cm³/mol. The lowest BCUT2D eigenvalue weighted by molar-refractivity contribution is 0.0377. The van der Waals surface area contributed by atoms with Crippen LogP contribution in [0.5, 0.6) is 0 Å². The number of allylic oxidation sites excluding steroid dienone is 4. The van der Waals surface area contributed by atoms with Gasteiger partial charge in [0.15, 0.2) is 5.65 Å². The Balaban J connectivity index is 1.52. The predicted octanol–water partition coefficient (Wildman–Crippen LogP) is 7.81. The molecule has 0 aliphatic heterocycles. The van der Waals surface area contributed by atoms with Gasteiger partial charge >= 0.3 is 6.09 Å². The number of hydrogen-bond acceptors (Lipinski definition) is 3. The molecule has 2 aliphatic carbocycles. The molecule has 2 heterocycles. The van der Waals surface area contributed by atoms with E-state index in [1.54, 1.807) is 6.07 Å². The molecule has 1 amide bonds. The van der Waals surface area contributed by atoms with Crippen LogP contribution < -0.4 is 5.32 Å². The Kier molecular flexibility index (Phi) is 6.18. The molecule has 1 aromatic carbocycles. The number of carbonyl (C=O) groups is 1. The third-order valence-corrected chi connectivity index (χ3v) is 7.15. The fourth-order valence-electron chi connectivity index (χ4n) is 4.90. The van der Waals surface area contributed by atoms with Crippen molar-refractivity contribution in [2.75, 3.05) is 0 Å². The molecule has 1 atom stereocenters. The lowest BCUT2D eigenvalue weighted by Crippen LogP contribution is -2.52. The molecule has 2 aromatic heterocycles. The molecule has 1 fully saturated rings. The van der Waals surface area contributed by atoms with Crippen molar-refractivity contribution >= 4 is 34.9 Å². The van der Waals surface area contributed by atoms with E-state index in [9.17, 15) is 4.79 Å². The maximum absolute atomic E-state index is 12.5. The van der Waals surface area contributed by atoms with Crippen molar-refractivity contribution in [3.05, 3.63) is 82.1 Å². The molecule has 1 N–H and O–H groups in total. The number of benzene rings is 1. The van der Waals surface area contributed by atoms with Crippen molar-refractivity contribution in [1.82, 2.24) is 14.7 Å². The van der Waals surface area contributed by atoms with Crippen LogP contribution in [-0.4, -0.2) is 21.1 Å². The van der Waals surface area contributed by atoms with Gasteiger partial charge in [-0.1, -0.05) is 71.8 Å². The summed E-state index contributed by atoms with van der Waals surface area (Å²) in [5.74, 6) is 0.158. The number of pyridine rings is 1. The topological polar surface area (TPSA) is 55.6 Å². The molecule has 35 heavy (non-hydrogen) atoms. The van der Waals surface area contributed by atoms with Gasteiger partial charge in [-0.3, -0.25) is 0 Å². The van der Waals surface area contributed by atoms with Gasteiger partial charge in [0.1, 0.15) is 5.60 Å². The van der Waals surface area contributed by atoms with Gasteiger partial charge in [-0.15, -0.1) is 0 Å². The summed E-state index contributed by atoms with van der Waals surface area (Å²) in [5, 5.41) is 4.22. The van der Waals surface area contributed by atoms with Crippen molar-refractivity contribution in [3.8, 4) is 11.3 Å². The van der Waals surface area contributed by atoms with E-state index in [0.717, 1.165) is 48.2 Å². The summed E-state index contributed by atoms with van der Waals surface area (Å²) in [7, 11) is 0. The van der Waals surface area contributed by atoms with Gasteiger partial charge in [0, 0.05) is 17.7 Å². The van der Waals surface area contributed by atoms with Gasteiger partial charge in [-0.05, 0) is 58.1 Å². The molecular weight excluding hydrogens is 481 g/mol. The fourth-order valence-corrected chi connectivity index (χ4v) is 5.42. The van der Waals surface area contributed by atoms with Crippen LogP contribution in [0.3, 0.4) is 0 Å². The number of fused-ring (bicyclic) bond motifs is 1. The summed E-state index contributed by atoms with van der Waals surface area (Å²) >= 11 is 12.9. The zero-order valence-corrected chi connectivity index (χ0v) is 21.7.